The van der Waals surface area contributed by atoms with Crippen LogP contribution in [-0.4, -0.2) is 15.0 Å². The molecule has 0 aliphatic heterocycles. The maximum atomic E-state index is 11.2. The Morgan fingerprint density at radius 2 is 2.06 bits per heavy atom. The van der Waals surface area contributed by atoms with Crippen molar-refractivity contribution in [1.29, 1.82) is 0 Å². The van der Waals surface area contributed by atoms with Crippen LogP contribution in [-0.2, 0) is 10.0 Å². The van der Waals surface area contributed by atoms with Crippen molar-refractivity contribution in [2.45, 2.75) is 18.7 Å². The predicted octanol–water partition coefficient (Wildman–Crippen LogP) is 1.29. The third-order valence-electron chi connectivity index (χ3n) is 2.16. The topological polar surface area (TPSA) is 98.2 Å². The number of nitrogens with two attached hydrogens (primary N) is 2. The van der Waals surface area contributed by atoms with Crippen LogP contribution < -0.4 is 16.2 Å². The number of benzene rings is 1. The van der Waals surface area contributed by atoms with Crippen molar-refractivity contribution >= 4 is 21.4 Å². The number of rotatable bonds is 4. The van der Waals surface area contributed by atoms with E-state index >= 15 is 0 Å². The van der Waals surface area contributed by atoms with E-state index in [1.54, 1.807) is 0 Å². The van der Waals surface area contributed by atoms with Crippen molar-refractivity contribution in [3.05, 3.63) is 29.8 Å². The highest BCUT2D eigenvalue weighted by molar-refractivity contribution is 7.89. The van der Waals surface area contributed by atoms with Crippen molar-refractivity contribution in [3.8, 4) is 0 Å². The molecule has 0 saturated carbocycles. The van der Waals surface area contributed by atoms with Crippen LogP contribution in [0.4, 0.5) is 11.4 Å². The van der Waals surface area contributed by atoms with E-state index in [2.05, 4.69) is 5.32 Å². The highest BCUT2D eigenvalue weighted by Gasteiger charge is 2.09. The van der Waals surface area contributed by atoms with Crippen LogP contribution >= 0.6 is 0 Å². The van der Waals surface area contributed by atoms with Crippen molar-refractivity contribution in [2.24, 2.45) is 5.14 Å². The van der Waals surface area contributed by atoms with E-state index in [0.717, 1.165) is 0 Å². The standard InChI is InChI=1S/C11H17N3O2S/c1-8(2)5-6-14-11-7-9(17(13,15)16)3-4-10(11)12/h3-5,7,14H,6,12H2,1-2H3,(H2,13,15,16). The Bertz CT molecular complexity index is 532. The molecule has 0 spiro atoms. The summed E-state index contributed by atoms with van der Waals surface area (Å²) in [5, 5.41) is 8.08. The molecule has 0 aromatic heterocycles. The van der Waals surface area contributed by atoms with Gasteiger partial charge in [0.15, 0.2) is 0 Å². The molecule has 0 aliphatic carbocycles. The van der Waals surface area contributed by atoms with Crippen molar-refractivity contribution < 1.29 is 8.42 Å². The molecular formula is C11H17N3O2S. The molecule has 0 aliphatic rings. The van der Waals surface area contributed by atoms with Crippen molar-refractivity contribution in [3.63, 3.8) is 0 Å². The molecule has 1 aromatic rings. The first kappa shape index (κ1) is 13.5. The molecule has 0 amide bonds. The Labute approximate surface area is 102 Å². The van der Waals surface area contributed by atoms with Crippen LogP contribution in [0.25, 0.3) is 0 Å². The van der Waals surface area contributed by atoms with E-state index < -0.39 is 10.0 Å². The number of allylic oxidation sites excluding steroid dienone is 1. The zero-order valence-electron chi connectivity index (χ0n) is 9.90. The highest BCUT2D eigenvalue weighted by atomic mass is 32.2. The van der Waals surface area contributed by atoms with Gasteiger partial charge in [-0.05, 0) is 32.0 Å². The summed E-state index contributed by atoms with van der Waals surface area (Å²) in [6.45, 7) is 4.54. The average Bonchev–Trinajstić information content (AvgIpc) is 2.18. The lowest BCUT2D eigenvalue weighted by Gasteiger charge is -2.09. The number of primary sulfonamides is 1. The first-order chi connectivity index (χ1) is 7.80. The van der Waals surface area contributed by atoms with Gasteiger partial charge in [-0.1, -0.05) is 11.6 Å². The fourth-order valence-corrected chi connectivity index (χ4v) is 1.77. The zero-order valence-corrected chi connectivity index (χ0v) is 10.7. The van der Waals surface area contributed by atoms with Gasteiger partial charge in [0.05, 0.1) is 16.3 Å². The largest absolute Gasteiger partial charge is 0.397 e. The summed E-state index contributed by atoms with van der Waals surface area (Å²) >= 11 is 0. The van der Waals surface area contributed by atoms with Gasteiger partial charge < -0.3 is 11.1 Å². The van der Waals surface area contributed by atoms with Crippen molar-refractivity contribution in [1.82, 2.24) is 0 Å². The molecule has 1 aromatic carbocycles. The van der Waals surface area contributed by atoms with Crippen LogP contribution in [0, 0.1) is 0 Å². The average molecular weight is 255 g/mol. The summed E-state index contributed by atoms with van der Waals surface area (Å²) in [6.07, 6.45) is 1.98. The monoisotopic (exact) mass is 255 g/mol. The molecule has 0 saturated heterocycles. The molecule has 0 radical (unpaired) electrons. The third kappa shape index (κ3) is 4.08. The van der Waals surface area contributed by atoms with Gasteiger partial charge in [0, 0.05) is 6.54 Å². The predicted molar refractivity (Wildman–Crippen MR) is 70.1 cm³/mol. The molecule has 5 N–H and O–H groups in total. The van der Waals surface area contributed by atoms with Crippen LogP contribution in [0.15, 0.2) is 34.7 Å². The smallest absolute Gasteiger partial charge is 0.238 e. The number of nitrogens with one attached hydrogen (secondary N) is 1. The van der Waals surface area contributed by atoms with Gasteiger partial charge in [0.1, 0.15) is 0 Å². The molecule has 0 fully saturated rings. The molecule has 0 bridgehead atoms. The van der Waals surface area contributed by atoms with E-state index in [1.807, 2.05) is 19.9 Å². The van der Waals surface area contributed by atoms with Gasteiger partial charge in [0.2, 0.25) is 10.0 Å². The van der Waals surface area contributed by atoms with E-state index in [4.69, 9.17) is 10.9 Å². The molecular weight excluding hydrogens is 238 g/mol. The van der Waals surface area contributed by atoms with E-state index in [-0.39, 0.29) is 4.90 Å². The zero-order chi connectivity index (χ0) is 13.1. The number of hydrogen-bond acceptors (Lipinski definition) is 4. The van der Waals surface area contributed by atoms with Gasteiger partial charge in [-0.25, -0.2) is 13.6 Å². The Hall–Kier alpha value is -1.53. The molecule has 1 rings (SSSR count). The second-order valence-electron chi connectivity index (χ2n) is 3.96. The number of sulfonamides is 1. The van der Waals surface area contributed by atoms with Crippen molar-refractivity contribution in [2.75, 3.05) is 17.6 Å². The summed E-state index contributed by atoms with van der Waals surface area (Å²) in [4.78, 5) is 0.0476. The fraction of sp³-hybridized carbons (Fsp3) is 0.273. The molecule has 5 nitrogen and oxygen atoms in total. The molecule has 6 heteroatoms. The summed E-state index contributed by atoms with van der Waals surface area (Å²) < 4.78 is 22.4. The number of hydrogen-bond donors (Lipinski definition) is 3. The second kappa shape index (κ2) is 5.20. The van der Waals surface area contributed by atoms with Gasteiger partial charge in [-0.3, -0.25) is 0 Å². The van der Waals surface area contributed by atoms with E-state index in [9.17, 15) is 8.42 Å². The normalized spacial score (nSPS) is 11.0. The van der Waals surface area contributed by atoms with Crippen LogP contribution in [0.2, 0.25) is 0 Å². The minimum absolute atomic E-state index is 0.0476. The molecule has 0 atom stereocenters. The van der Waals surface area contributed by atoms with E-state index in [0.29, 0.717) is 17.9 Å². The SMILES string of the molecule is CC(C)=CCNc1cc(S(N)(=O)=O)ccc1N. The number of anilines is 2. The molecule has 94 valence electrons. The van der Waals surface area contributed by atoms with Gasteiger partial charge in [-0.15, -0.1) is 0 Å². The summed E-state index contributed by atoms with van der Waals surface area (Å²) in [5.41, 5.74) is 7.95. The fourth-order valence-electron chi connectivity index (χ4n) is 1.23. The van der Waals surface area contributed by atoms with E-state index in [1.165, 1.54) is 23.8 Å². The molecule has 0 heterocycles. The summed E-state index contributed by atoms with van der Waals surface area (Å²) in [6, 6.07) is 4.34. The molecule has 17 heavy (non-hydrogen) atoms. The molecule has 0 unspecified atom stereocenters. The lowest BCUT2D eigenvalue weighted by Crippen LogP contribution is -2.13. The lowest BCUT2D eigenvalue weighted by molar-refractivity contribution is 0.598. The Morgan fingerprint density at radius 1 is 1.41 bits per heavy atom. The first-order valence-electron chi connectivity index (χ1n) is 5.10. The van der Waals surface area contributed by atoms with Crippen LogP contribution in [0.1, 0.15) is 13.8 Å². The van der Waals surface area contributed by atoms with Gasteiger partial charge >= 0.3 is 0 Å². The quantitative estimate of drug-likeness (QED) is 0.557. The Balaban J connectivity index is 2.96. The minimum Gasteiger partial charge on any atom is -0.397 e. The van der Waals surface area contributed by atoms with Crippen LogP contribution in [0.3, 0.4) is 0 Å². The Kier molecular flexibility index (Phi) is 4.14. The Morgan fingerprint density at radius 3 is 2.59 bits per heavy atom. The maximum Gasteiger partial charge on any atom is 0.238 e. The third-order valence-corrected chi connectivity index (χ3v) is 3.07. The second-order valence-corrected chi connectivity index (χ2v) is 5.52. The number of nitrogen functional groups attached to an aromatic ring is 1. The van der Waals surface area contributed by atoms with Gasteiger partial charge in [-0.2, -0.15) is 0 Å². The minimum atomic E-state index is -3.69. The maximum absolute atomic E-state index is 11.2. The van der Waals surface area contributed by atoms with Crippen LogP contribution in [0.5, 0.6) is 0 Å². The summed E-state index contributed by atoms with van der Waals surface area (Å²) in [5.74, 6) is 0. The lowest BCUT2D eigenvalue weighted by atomic mass is 10.2. The summed E-state index contributed by atoms with van der Waals surface area (Å²) in [7, 11) is -3.69. The van der Waals surface area contributed by atoms with Gasteiger partial charge in [0.25, 0.3) is 0 Å². The first-order valence-corrected chi connectivity index (χ1v) is 6.65. The highest BCUT2D eigenvalue weighted by Crippen LogP contribution is 2.21.